The van der Waals surface area contributed by atoms with E-state index in [1.807, 2.05) is 43.5 Å². The first-order valence-electron chi connectivity index (χ1n) is 11.7. The topological polar surface area (TPSA) is 124 Å². The molecule has 198 valence electrons. The molecule has 0 unspecified atom stereocenters. The third kappa shape index (κ3) is 6.91. The number of amides is 2. The van der Waals surface area contributed by atoms with Crippen LogP contribution < -0.4 is 15.4 Å². The highest BCUT2D eigenvalue weighted by Crippen LogP contribution is 2.27. The van der Waals surface area contributed by atoms with Crippen LogP contribution in [0.2, 0.25) is 0 Å². The van der Waals surface area contributed by atoms with Crippen molar-refractivity contribution >= 4 is 51.8 Å². The maximum absolute atomic E-state index is 12.7. The number of benzene rings is 2. The fraction of sp³-hybridized carbons (Fsp3) is 0.280. The predicted octanol–water partition coefficient (Wildman–Crippen LogP) is 4.52. The summed E-state index contributed by atoms with van der Waals surface area (Å²) in [6.07, 6.45) is 0. The largest absolute Gasteiger partial charge is 0.497 e. The molecule has 0 spiro atoms. The van der Waals surface area contributed by atoms with Crippen LogP contribution in [0.25, 0.3) is 5.69 Å². The Kier molecular flexibility index (Phi) is 9.37. The van der Waals surface area contributed by atoms with Crippen molar-refractivity contribution in [2.24, 2.45) is 0 Å². The average Bonchev–Trinajstić information content (AvgIpc) is 3.54. The highest BCUT2D eigenvalue weighted by Gasteiger charge is 2.19. The highest BCUT2D eigenvalue weighted by molar-refractivity contribution is 8.01. The Labute approximate surface area is 233 Å². The van der Waals surface area contributed by atoms with Crippen LogP contribution in [0.1, 0.15) is 34.2 Å². The first-order valence-corrected chi connectivity index (χ1v) is 14.5. The second-order valence-electron chi connectivity index (χ2n) is 8.08. The number of aryl methyl sites for hydroxylation is 2. The molecular weight excluding hydrogens is 543 g/mol. The number of thioether (sulfide) groups is 2. The molecule has 13 heteroatoms. The van der Waals surface area contributed by atoms with E-state index >= 15 is 0 Å². The zero-order valence-corrected chi connectivity index (χ0v) is 23.8. The molecule has 2 amide bonds. The van der Waals surface area contributed by atoms with Crippen molar-refractivity contribution in [3.63, 3.8) is 0 Å². The summed E-state index contributed by atoms with van der Waals surface area (Å²) in [6.45, 7) is 6.19. The Balaban J connectivity index is 1.50. The van der Waals surface area contributed by atoms with Crippen molar-refractivity contribution in [3.05, 3.63) is 65.0 Å². The van der Waals surface area contributed by atoms with Gasteiger partial charge in [-0.2, -0.15) is 0 Å². The molecule has 0 aliphatic rings. The van der Waals surface area contributed by atoms with E-state index in [0.29, 0.717) is 27.4 Å². The van der Waals surface area contributed by atoms with Crippen molar-refractivity contribution < 1.29 is 14.3 Å². The first kappa shape index (κ1) is 27.6. The molecule has 0 aliphatic heterocycles. The molecule has 0 atom stereocenters. The van der Waals surface area contributed by atoms with E-state index < -0.39 is 0 Å². The fourth-order valence-electron chi connectivity index (χ4n) is 3.44. The van der Waals surface area contributed by atoms with Gasteiger partial charge in [0.25, 0.3) is 5.91 Å². The number of nitrogens with zero attached hydrogens (tertiary/aromatic N) is 5. The van der Waals surface area contributed by atoms with E-state index in [-0.39, 0.29) is 24.1 Å². The summed E-state index contributed by atoms with van der Waals surface area (Å²) >= 11 is 4.18. The lowest BCUT2D eigenvalue weighted by Gasteiger charge is -2.14. The lowest BCUT2D eigenvalue weighted by Crippen LogP contribution is -2.24. The predicted molar refractivity (Wildman–Crippen MR) is 151 cm³/mol. The summed E-state index contributed by atoms with van der Waals surface area (Å²) in [5.41, 5.74) is 3.47. The molecule has 4 rings (SSSR count). The van der Waals surface area contributed by atoms with Crippen LogP contribution in [0.15, 0.2) is 52.0 Å². The van der Waals surface area contributed by atoms with Crippen molar-refractivity contribution in [2.45, 2.75) is 36.8 Å². The summed E-state index contributed by atoms with van der Waals surface area (Å²) in [5.74, 6) is 1.76. The Morgan fingerprint density at radius 1 is 1.03 bits per heavy atom. The summed E-state index contributed by atoms with van der Waals surface area (Å²) in [5, 5.41) is 23.5. The second-order valence-corrected chi connectivity index (χ2v) is 11.5. The van der Waals surface area contributed by atoms with Gasteiger partial charge >= 0.3 is 0 Å². The molecule has 2 aromatic carbocycles. The minimum atomic E-state index is -0.241. The summed E-state index contributed by atoms with van der Waals surface area (Å²) < 4.78 is 7.86. The number of hydrogen-bond donors (Lipinski definition) is 2. The van der Waals surface area contributed by atoms with Gasteiger partial charge in [-0.05, 0) is 61.1 Å². The number of nitrogens with one attached hydrogen (secondary N) is 2. The van der Waals surface area contributed by atoms with Crippen molar-refractivity contribution in [1.29, 1.82) is 0 Å². The van der Waals surface area contributed by atoms with Gasteiger partial charge in [0.15, 0.2) is 15.3 Å². The standard InChI is InChI=1S/C25H27N7O3S3/c1-5-36-25-31-29-23(38-25)27-21(33)14-37-24-30-28-20(32(24)19-12-15(2)6-7-16(19)3)13-26-22(34)17-8-10-18(35-4)11-9-17/h6-12H,5,13-14H2,1-4H3,(H,26,34)(H,27,29,33). The lowest BCUT2D eigenvalue weighted by atomic mass is 10.1. The number of rotatable bonds is 11. The van der Waals surface area contributed by atoms with Crippen LogP contribution in [-0.4, -0.2) is 55.4 Å². The number of carbonyl (C=O) groups is 2. The van der Waals surface area contributed by atoms with Crippen LogP contribution >= 0.6 is 34.9 Å². The van der Waals surface area contributed by atoms with Gasteiger partial charge in [0, 0.05) is 5.56 Å². The Morgan fingerprint density at radius 3 is 2.55 bits per heavy atom. The van der Waals surface area contributed by atoms with E-state index in [4.69, 9.17) is 4.74 Å². The highest BCUT2D eigenvalue weighted by atomic mass is 32.2. The SMILES string of the molecule is CCSc1nnc(NC(=O)CSc2nnc(CNC(=O)c3ccc(OC)cc3)n2-c2cc(C)ccc2C)s1. The molecule has 4 aromatic rings. The first-order chi connectivity index (χ1) is 18.4. The molecular formula is C25H27N7O3S3. The Morgan fingerprint density at radius 2 is 1.82 bits per heavy atom. The molecule has 0 radical (unpaired) electrons. The number of ether oxygens (including phenoxy) is 1. The monoisotopic (exact) mass is 569 g/mol. The molecule has 0 bridgehead atoms. The quantitative estimate of drug-likeness (QED) is 0.198. The third-order valence-corrected chi connectivity index (χ3v) is 8.10. The number of hydrogen-bond acceptors (Lipinski definition) is 10. The molecule has 0 aliphatic carbocycles. The smallest absolute Gasteiger partial charge is 0.251 e. The molecule has 0 saturated carbocycles. The van der Waals surface area contributed by atoms with E-state index in [9.17, 15) is 9.59 Å². The molecule has 2 N–H and O–H groups in total. The van der Waals surface area contributed by atoms with Crippen LogP contribution in [0.3, 0.4) is 0 Å². The Bertz CT molecular complexity index is 1420. The van der Waals surface area contributed by atoms with Crippen molar-refractivity contribution in [3.8, 4) is 11.4 Å². The fourth-order valence-corrected chi connectivity index (χ4v) is 5.87. The Hall–Kier alpha value is -3.42. The van der Waals surface area contributed by atoms with Crippen LogP contribution in [-0.2, 0) is 11.3 Å². The zero-order chi connectivity index (χ0) is 27.1. The average molecular weight is 570 g/mol. The van der Waals surface area contributed by atoms with E-state index in [1.54, 1.807) is 43.1 Å². The zero-order valence-electron chi connectivity index (χ0n) is 21.3. The van der Waals surface area contributed by atoms with E-state index in [2.05, 4.69) is 31.0 Å². The molecule has 38 heavy (non-hydrogen) atoms. The maximum Gasteiger partial charge on any atom is 0.251 e. The van der Waals surface area contributed by atoms with Gasteiger partial charge in [0.05, 0.1) is 25.1 Å². The number of carbonyl (C=O) groups excluding carboxylic acids is 2. The molecule has 0 saturated heterocycles. The molecule has 2 aromatic heterocycles. The molecule has 2 heterocycles. The van der Waals surface area contributed by atoms with Crippen LogP contribution in [0, 0.1) is 13.8 Å². The van der Waals surface area contributed by atoms with Crippen molar-refractivity contribution in [1.82, 2.24) is 30.3 Å². The van der Waals surface area contributed by atoms with Gasteiger partial charge in [-0.25, -0.2) is 0 Å². The van der Waals surface area contributed by atoms with E-state index in [0.717, 1.165) is 26.9 Å². The summed E-state index contributed by atoms with van der Waals surface area (Å²) in [4.78, 5) is 25.4. The molecule has 10 nitrogen and oxygen atoms in total. The van der Waals surface area contributed by atoms with Gasteiger partial charge in [-0.15, -0.1) is 20.4 Å². The summed E-state index contributed by atoms with van der Waals surface area (Å²) in [7, 11) is 1.58. The third-order valence-electron chi connectivity index (χ3n) is 5.32. The van der Waals surface area contributed by atoms with Crippen molar-refractivity contribution in [2.75, 3.05) is 23.9 Å². The van der Waals surface area contributed by atoms with Gasteiger partial charge in [-0.1, -0.05) is 53.9 Å². The number of methoxy groups -OCH3 is 1. The van der Waals surface area contributed by atoms with Crippen LogP contribution in [0.4, 0.5) is 5.13 Å². The van der Waals surface area contributed by atoms with Gasteiger partial charge in [-0.3, -0.25) is 19.5 Å². The number of anilines is 1. The van der Waals surface area contributed by atoms with Crippen LogP contribution in [0.5, 0.6) is 5.75 Å². The number of aromatic nitrogens is 5. The lowest BCUT2D eigenvalue weighted by molar-refractivity contribution is -0.113. The minimum absolute atomic E-state index is 0.108. The van der Waals surface area contributed by atoms with E-state index in [1.165, 1.54) is 23.1 Å². The molecule has 0 fully saturated rings. The summed E-state index contributed by atoms with van der Waals surface area (Å²) in [6, 6.07) is 13.0. The maximum atomic E-state index is 12.7. The van der Waals surface area contributed by atoms with Gasteiger partial charge in [0.2, 0.25) is 11.0 Å². The van der Waals surface area contributed by atoms with Gasteiger partial charge < -0.3 is 10.1 Å². The second kappa shape index (κ2) is 12.9. The minimum Gasteiger partial charge on any atom is -0.497 e. The van der Waals surface area contributed by atoms with Gasteiger partial charge in [0.1, 0.15) is 5.75 Å². The normalized spacial score (nSPS) is 10.8.